The van der Waals surface area contributed by atoms with Gasteiger partial charge < -0.3 is 20.9 Å². The number of carbonyl (C=O) groups is 2. The monoisotopic (exact) mass is 562 g/mol. The summed E-state index contributed by atoms with van der Waals surface area (Å²) in [6, 6.07) is 4.64. The van der Waals surface area contributed by atoms with Gasteiger partial charge >= 0.3 is 0 Å². The van der Waals surface area contributed by atoms with Crippen LogP contribution < -0.4 is 16.0 Å². The van der Waals surface area contributed by atoms with Crippen molar-refractivity contribution >= 4 is 34.7 Å². The maximum atomic E-state index is 14.1. The summed E-state index contributed by atoms with van der Waals surface area (Å²) in [5, 5.41) is 14.4. The molecule has 2 amide bonds. The average molecular weight is 563 g/mol. The van der Waals surface area contributed by atoms with Crippen LogP contribution in [0.4, 0.5) is 21.6 Å². The summed E-state index contributed by atoms with van der Waals surface area (Å²) in [4.78, 5) is 36.6. The Morgan fingerprint density at radius 2 is 1.66 bits per heavy atom. The van der Waals surface area contributed by atoms with Gasteiger partial charge in [-0.15, -0.1) is 5.10 Å². The summed E-state index contributed by atoms with van der Waals surface area (Å²) >= 11 is 0. The molecule has 3 aliphatic rings. The minimum absolute atomic E-state index is 0.0463. The van der Waals surface area contributed by atoms with Crippen LogP contribution in [0.5, 0.6) is 0 Å². The van der Waals surface area contributed by atoms with Gasteiger partial charge in [-0.1, -0.05) is 0 Å². The number of nitrogens with zero attached hydrogens (tertiary/aromatic N) is 5. The van der Waals surface area contributed by atoms with Gasteiger partial charge in [-0.05, 0) is 83.6 Å². The van der Waals surface area contributed by atoms with E-state index < -0.39 is 11.7 Å². The Balaban J connectivity index is 1.14. The Hall–Kier alpha value is -3.76. The van der Waals surface area contributed by atoms with Crippen molar-refractivity contribution < 1.29 is 14.0 Å². The zero-order valence-electron chi connectivity index (χ0n) is 23.8. The Morgan fingerprint density at radius 1 is 0.951 bits per heavy atom. The molecule has 3 aromatic heterocycles. The summed E-state index contributed by atoms with van der Waals surface area (Å²) in [6.45, 7) is 4.36. The number of rotatable bonds is 8. The third kappa shape index (κ3) is 6.13. The number of likely N-dealkylation sites (tertiary alicyclic amines) is 1. The quantitative estimate of drug-likeness (QED) is 0.344. The van der Waals surface area contributed by atoms with Crippen LogP contribution in [0.15, 0.2) is 30.7 Å². The van der Waals surface area contributed by atoms with Crippen LogP contribution in [0.2, 0.25) is 0 Å². The molecule has 41 heavy (non-hydrogen) atoms. The molecular weight excluding hydrogens is 523 g/mol. The van der Waals surface area contributed by atoms with Crippen LogP contribution in [0.1, 0.15) is 88.5 Å². The Morgan fingerprint density at radius 3 is 2.37 bits per heavy atom. The van der Waals surface area contributed by atoms with E-state index in [-0.39, 0.29) is 17.4 Å². The molecule has 0 bridgehead atoms. The van der Waals surface area contributed by atoms with Crippen molar-refractivity contribution in [3.05, 3.63) is 42.2 Å². The van der Waals surface area contributed by atoms with Crippen LogP contribution in [-0.2, 0) is 4.79 Å². The standard InChI is InChI=1S/C30H39FN8O2/c1-18-4-3-5-19(2)38(18)28(40)14-20-6-8-22(9-7-20)35-27-15-25(34-21-10-11-21)29-33-17-26(39(29)37-27)30(41)36-24-12-13-32-16-23(24)31/h12-13,15-22,34H,3-11,14H2,1-2H3,(H,35,37)(H,32,36,41)/t18-,19+,20?,22?. The molecule has 0 radical (unpaired) electrons. The first kappa shape index (κ1) is 27.4. The molecule has 0 aromatic carbocycles. The predicted octanol–water partition coefficient (Wildman–Crippen LogP) is 5.24. The topological polar surface area (TPSA) is 117 Å². The normalized spacial score (nSPS) is 24.7. The molecule has 0 unspecified atom stereocenters. The van der Waals surface area contributed by atoms with Crippen molar-refractivity contribution in [3.8, 4) is 0 Å². The fourth-order valence-corrected chi connectivity index (χ4v) is 6.40. The summed E-state index contributed by atoms with van der Waals surface area (Å²) in [5.74, 6) is 0.243. The smallest absolute Gasteiger partial charge is 0.276 e. The molecule has 2 aliphatic carbocycles. The number of piperidine rings is 1. The number of nitrogens with one attached hydrogen (secondary N) is 3. The van der Waals surface area contributed by atoms with Crippen LogP contribution >= 0.6 is 0 Å². The summed E-state index contributed by atoms with van der Waals surface area (Å²) in [7, 11) is 0. The van der Waals surface area contributed by atoms with E-state index in [1.807, 2.05) is 6.07 Å². The molecule has 3 aromatic rings. The van der Waals surface area contributed by atoms with E-state index in [0.717, 1.165) is 63.3 Å². The molecule has 11 heteroatoms. The van der Waals surface area contributed by atoms with Gasteiger partial charge in [0.15, 0.2) is 17.2 Å². The summed E-state index contributed by atoms with van der Waals surface area (Å²) < 4.78 is 15.6. The van der Waals surface area contributed by atoms with Crippen LogP contribution in [0.25, 0.3) is 5.65 Å². The highest BCUT2D eigenvalue weighted by molar-refractivity contribution is 6.03. The lowest BCUT2D eigenvalue weighted by Gasteiger charge is -2.40. The number of anilines is 3. The first-order valence-corrected chi connectivity index (χ1v) is 15.0. The third-order valence-corrected chi connectivity index (χ3v) is 8.80. The van der Waals surface area contributed by atoms with Gasteiger partial charge in [0, 0.05) is 42.9 Å². The maximum absolute atomic E-state index is 14.1. The Labute approximate surface area is 239 Å². The number of hydrogen-bond acceptors (Lipinski definition) is 7. The SMILES string of the molecule is C[C@@H]1CCC[C@H](C)N1C(=O)CC1CCC(Nc2cc(NC3CC3)c3ncc(C(=O)Nc4ccncc4F)n3n2)CC1. The van der Waals surface area contributed by atoms with Crippen molar-refractivity contribution in [2.24, 2.45) is 5.92 Å². The number of halogens is 1. The highest BCUT2D eigenvalue weighted by Crippen LogP contribution is 2.33. The van der Waals surface area contributed by atoms with E-state index in [4.69, 9.17) is 5.10 Å². The van der Waals surface area contributed by atoms with Crippen molar-refractivity contribution in [1.82, 2.24) is 24.5 Å². The Kier molecular flexibility index (Phi) is 7.77. The molecule has 1 aliphatic heterocycles. The number of hydrogen-bond donors (Lipinski definition) is 3. The molecule has 218 valence electrons. The van der Waals surface area contributed by atoms with E-state index in [2.05, 4.69) is 44.7 Å². The second-order valence-corrected chi connectivity index (χ2v) is 12.0. The molecule has 4 heterocycles. The molecule has 6 rings (SSSR count). The van der Waals surface area contributed by atoms with Crippen LogP contribution in [0, 0.1) is 11.7 Å². The number of pyridine rings is 1. The fraction of sp³-hybridized carbons (Fsp3) is 0.567. The second kappa shape index (κ2) is 11.6. The lowest BCUT2D eigenvalue weighted by molar-refractivity contribution is -0.138. The fourth-order valence-electron chi connectivity index (χ4n) is 6.40. The van der Waals surface area contributed by atoms with Gasteiger partial charge in [0.05, 0.1) is 23.8 Å². The first-order chi connectivity index (χ1) is 19.9. The highest BCUT2D eigenvalue weighted by Gasteiger charge is 2.32. The third-order valence-electron chi connectivity index (χ3n) is 8.80. The molecule has 1 saturated heterocycles. The average Bonchev–Trinajstić information content (AvgIpc) is 3.66. The van der Waals surface area contributed by atoms with Crippen molar-refractivity contribution in [2.75, 3.05) is 16.0 Å². The number of fused-ring (bicyclic) bond motifs is 1. The second-order valence-electron chi connectivity index (χ2n) is 12.0. The van der Waals surface area contributed by atoms with Gasteiger partial charge in [-0.3, -0.25) is 14.6 Å². The van der Waals surface area contributed by atoms with Crippen molar-refractivity contribution in [2.45, 2.75) is 102 Å². The number of imidazole rings is 1. The number of aromatic nitrogens is 4. The maximum Gasteiger partial charge on any atom is 0.276 e. The number of amides is 2. The first-order valence-electron chi connectivity index (χ1n) is 15.0. The van der Waals surface area contributed by atoms with E-state index >= 15 is 0 Å². The van der Waals surface area contributed by atoms with Gasteiger partial charge in [-0.2, -0.15) is 0 Å². The van der Waals surface area contributed by atoms with Crippen LogP contribution in [0.3, 0.4) is 0 Å². The number of carbonyl (C=O) groups excluding carboxylic acids is 2. The van der Waals surface area contributed by atoms with Gasteiger partial charge in [-0.25, -0.2) is 13.9 Å². The van der Waals surface area contributed by atoms with Crippen LogP contribution in [-0.4, -0.2) is 60.5 Å². The minimum Gasteiger partial charge on any atom is -0.379 e. The van der Waals surface area contributed by atoms with E-state index in [9.17, 15) is 14.0 Å². The zero-order valence-corrected chi connectivity index (χ0v) is 23.8. The van der Waals surface area contributed by atoms with Gasteiger partial charge in [0.2, 0.25) is 5.91 Å². The predicted molar refractivity (Wildman–Crippen MR) is 155 cm³/mol. The molecule has 3 fully saturated rings. The Bertz CT molecular complexity index is 1400. The summed E-state index contributed by atoms with van der Waals surface area (Å²) in [6.07, 6.45) is 14.0. The lowest BCUT2D eigenvalue weighted by Crippen LogP contribution is -2.48. The van der Waals surface area contributed by atoms with E-state index in [0.29, 0.717) is 47.8 Å². The van der Waals surface area contributed by atoms with E-state index in [1.54, 1.807) is 0 Å². The molecular formula is C30H39FN8O2. The molecule has 10 nitrogen and oxygen atoms in total. The van der Waals surface area contributed by atoms with Gasteiger partial charge in [0.1, 0.15) is 5.82 Å². The van der Waals surface area contributed by atoms with E-state index in [1.165, 1.54) is 29.4 Å². The molecule has 3 N–H and O–H groups in total. The zero-order chi connectivity index (χ0) is 28.5. The van der Waals surface area contributed by atoms with Crippen molar-refractivity contribution in [3.63, 3.8) is 0 Å². The van der Waals surface area contributed by atoms with Gasteiger partial charge in [0.25, 0.3) is 5.91 Å². The molecule has 2 atom stereocenters. The molecule has 0 spiro atoms. The molecule has 2 saturated carbocycles. The van der Waals surface area contributed by atoms with Crippen molar-refractivity contribution in [1.29, 1.82) is 0 Å². The largest absolute Gasteiger partial charge is 0.379 e. The minimum atomic E-state index is -0.613. The lowest BCUT2D eigenvalue weighted by atomic mass is 9.83. The summed E-state index contributed by atoms with van der Waals surface area (Å²) in [5.41, 5.74) is 1.61. The highest BCUT2D eigenvalue weighted by atomic mass is 19.1.